The molecule has 0 aliphatic carbocycles. The van der Waals surface area contributed by atoms with Crippen LogP contribution in [0.5, 0.6) is 0 Å². The average molecular weight is 181 g/mol. The van der Waals surface area contributed by atoms with E-state index in [1.807, 2.05) is 0 Å². The second-order valence-electron chi connectivity index (χ2n) is 3.63. The first-order valence-electron chi connectivity index (χ1n) is 4.83. The summed E-state index contributed by atoms with van der Waals surface area (Å²) in [6.45, 7) is 6.92. The number of hydrogen-bond acceptors (Lipinski definition) is 1. The summed E-state index contributed by atoms with van der Waals surface area (Å²) in [6, 6.07) is 0. The van der Waals surface area contributed by atoms with Crippen LogP contribution in [0.3, 0.4) is 0 Å². The fraction of sp³-hybridized carbons (Fsp3) is 1.00. The van der Waals surface area contributed by atoms with Crippen molar-refractivity contribution in [2.45, 2.75) is 46.5 Å². The van der Waals surface area contributed by atoms with Crippen LogP contribution in [0.2, 0.25) is 0 Å². The van der Waals surface area contributed by atoms with Gasteiger partial charge in [0, 0.05) is 36.2 Å². The molecular weight excluding hydrogens is 159 g/mol. The molecule has 0 aromatic rings. The van der Waals surface area contributed by atoms with Crippen molar-refractivity contribution < 1.29 is 5.11 Å². The molecule has 0 fully saturated rings. The molecule has 0 heterocycles. The van der Waals surface area contributed by atoms with Gasteiger partial charge in [0.05, 0.1) is 0 Å². The molecule has 0 spiro atoms. The molecule has 0 rings (SSSR count). The van der Waals surface area contributed by atoms with Crippen molar-refractivity contribution in [2.75, 3.05) is 6.61 Å². The van der Waals surface area contributed by atoms with Crippen molar-refractivity contribution in [1.82, 2.24) is 0 Å². The molecule has 0 aromatic heterocycles. The van der Waals surface area contributed by atoms with E-state index in [1.54, 1.807) is 0 Å². The summed E-state index contributed by atoms with van der Waals surface area (Å²) < 4.78 is 0. The Kier molecular flexibility index (Phi) is 12.9. The van der Waals surface area contributed by atoms with Crippen LogP contribution in [0.1, 0.15) is 46.5 Å². The fourth-order valence-corrected chi connectivity index (χ4v) is 1.18. The molecule has 0 saturated carbocycles. The SMILES string of the molecule is CCCCCC(C)C(C)CO.[Na]. The maximum Gasteiger partial charge on any atom is 0.0459 e. The smallest absolute Gasteiger partial charge is 0.0459 e. The van der Waals surface area contributed by atoms with E-state index >= 15 is 0 Å². The van der Waals surface area contributed by atoms with Gasteiger partial charge in [0.1, 0.15) is 0 Å². The topological polar surface area (TPSA) is 20.2 Å². The molecule has 0 aliphatic heterocycles. The van der Waals surface area contributed by atoms with Crippen molar-refractivity contribution in [3.8, 4) is 0 Å². The van der Waals surface area contributed by atoms with Gasteiger partial charge in [0.25, 0.3) is 0 Å². The predicted molar refractivity (Wildman–Crippen MR) is 55.3 cm³/mol. The zero-order chi connectivity index (χ0) is 8.69. The Hall–Kier alpha value is 0.960. The summed E-state index contributed by atoms with van der Waals surface area (Å²) in [5.74, 6) is 1.17. The van der Waals surface area contributed by atoms with E-state index in [2.05, 4.69) is 20.8 Å². The van der Waals surface area contributed by atoms with Gasteiger partial charge < -0.3 is 5.11 Å². The summed E-state index contributed by atoms with van der Waals surface area (Å²) in [6.07, 6.45) is 5.22. The number of unbranched alkanes of at least 4 members (excludes halogenated alkanes) is 2. The van der Waals surface area contributed by atoms with Crippen LogP contribution in [-0.2, 0) is 0 Å². The molecule has 12 heavy (non-hydrogen) atoms. The summed E-state index contributed by atoms with van der Waals surface area (Å²) in [5, 5.41) is 8.86. The minimum absolute atomic E-state index is 0. The van der Waals surface area contributed by atoms with Gasteiger partial charge >= 0.3 is 0 Å². The van der Waals surface area contributed by atoms with Crippen LogP contribution in [0.25, 0.3) is 0 Å². The second kappa shape index (κ2) is 10.0. The van der Waals surface area contributed by atoms with Gasteiger partial charge in [-0.15, -0.1) is 0 Å². The average Bonchev–Trinajstić information content (AvgIpc) is 2.03. The Morgan fingerprint density at radius 1 is 1.08 bits per heavy atom. The standard InChI is InChI=1S/C10H22O.Na/c1-4-5-6-7-9(2)10(3)8-11;/h9-11H,4-8H2,1-3H3;. The van der Waals surface area contributed by atoms with Crippen molar-refractivity contribution in [2.24, 2.45) is 11.8 Å². The van der Waals surface area contributed by atoms with Gasteiger partial charge in [-0.05, 0) is 11.8 Å². The van der Waals surface area contributed by atoms with Crippen molar-refractivity contribution >= 4 is 29.6 Å². The van der Waals surface area contributed by atoms with Gasteiger partial charge in [-0.1, -0.05) is 46.5 Å². The summed E-state index contributed by atoms with van der Waals surface area (Å²) in [7, 11) is 0. The number of rotatable bonds is 6. The van der Waals surface area contributed by atoms with E-state index in [1.165, 1.54) is 25.7 Å². The predicted octanol–water partition coefficient (Wildman–Crippen LogP) is 2.45. The maximum absolute atomic E-state index is 8.86. The van der Waals surface area contributed by atoms with Gasteiger partial charge in [-0.25, -0.2) is 0 Å². The largest absolute Gasteiger partial charge is 0.396 e. The molecule has 1 nitrogen and oxygen atoms in total. The van der Waals surface area contributed by atoms with E-state index in [0.717, 1.165) is 0 Å². The van der Waals surface area contributed by atoms with Crippen LogP contribution in [0.4, 0.5) is 0 Å². The van der Waals surface area contributed by atoms with Gasteiger partial charge in [0.15, 0.2) is 0 Å². The van der Waals surface area contributed by atoms with E-state index in [9.17, 15) is 0 Å². The molecule has 2 unspecified atom stereocenters. The summed E-state index contributed by atoms with van der Waals surface area (Å²) in [5.41, 5.74) is 0. The van der Waals surface area contributed by atoms with E-state index < -0.39 is 0 Å². The van der Waals surface area contributed by atoms with Crippen LogP contribution < -0.4 is 0 Å². The molecule has 69 valence electrons. The second-order valence-corrected chi connectivity index (χ2v) is 3.63. The zero-order valence-electron chi connectivity index (χ0n) is 9.14. The number of aliphatic hydroxyl groups is 1. The number of hydrogen-bond donors (Lipinski definition) is 1. The van der Waals surface area contributed by atoms with E-state index in [4.69, 9.17) is 5.11 Å². The van der Waals surface area contributed by atoms with Crippen molar-refractivity contribution in [3.63, 3.8) is 0 Å². The summed E-state index contributed by atoms with van der Waals surface area (Å²) in [4.78, 5) is 0. The van der Waals surface area contributed by atoms with Gasteiger partial charge in [0.2, 0.25) is 0 Å². The zero-order valence-corrected chi connectivity index (χ0v) is 11.1. The third-order valence-electron chi connectivity index (χ3n) is 2.52. The molecule has 0 bridgehead atoms. The third-order valence-corrected chi connectivity index (χ3v) is 2.52. The molecule has 0 amide bonds. The fourth-order valence-electron chi connectivity index (χ4n) is 1.18. The van der Waals surface area contributed by atoms with Crippen LogP contribution in [0.15, 0.2) is 0 Å². The minimum atomic E-state index is 0. The van der Waals surface area contributed by atoms with Crippen LogP contribution >= 0.6 is 0 Å². The first-order valence-corrected chi connectivity index (χ1v) is 4.83. The Labute approximate surface area is 99.2 Å². The Morgan fingerprint density at radius 2 is 1.67 bits per heavy atom. The van der Waals surface area contributed by atoms with E-state index in [-0.39, 0.29) is 29.6 Å². The number of aliphatic hydroxyl groups excluding tert-OH is 1. The summed E-state index contributed by atoms with van der Waals surface area (Å²) >= 11 is 0. The van der Waals surface area contributed by atoms with Crippen LogP contribution in [0, 0.1) is 11.8 Å². The normalized spacial score (nSPS) is 15.0. The molecule has 2 atom stereocenters. The van der Waals surface area contributed by atoms with Crippen molar-refractivity contribution in [3.05, 3.63) is 0 Å². The first kappa shape index (κ1) is 15.4. The van der Waals surface area contributed by atoms with Gasteiger partial charge in [-0.3, -0.25) is 0 Å². The molecule has 2 heteroatoms. The van der Waals surface area contributed by atoms with E-state index in [0.29, 0.717) is 18.4 Å². The van der Waals surface area contributed by atoms with Crippen molar-refractivity contribution in [1.29, 1.82) is 0 Å². The quantitative estimate of drug-likeness (QED) is 0.493. The molecule has 0 aromatic carbocycles. The monoisotopic (exact) mass is 181 g/mol. The maximum atomic E-state index is 8.86. The Morgan fingerprint density at radius 3 is 2.08 bits per heavy atom. The molecular formula is C10H22NaO. The molecule has 1 N–H and O–H groups in total. The van der Waals surface area contributed by atoms with Gasteiger partial charge in [-0.2, -0.15) is 0 Å². The minimum Gasteiger partial charge on any atom is -0.396 e. The Bertz CT molecular complexity index is 85.9. The molecule has 1 radical (unpaired) electrons. The third kappa shape index (κ3) is 7.60. The Balaban J connectivity index is 0. The molecule has 0 aliphatic rings. The molecule has 0 saturated heterocycles. The first-order chi connectivity index (χ1) is 5.22. The van der Waals surface area contributed by atoms with Crippen LogP contribution in [-0.4, -0.2) is 41.3 Å².